The number of aryl methyl sites for hydroxylation is 1. The molecule has 1 N–H and O–H groups in total. The van der Waals surface area contributed by atoms with Crippen LogP contribution in [0.2, 0.25) is 0 Å². The van der Waals surface area contributed by atoms with Gasteiger partial charge < -0.3 is 19.3 Å². The number of carbonyl (C=O) groups is 2. The van der Waals surface area contributed by atoms with Gasteiger partial charge in [0.05, 0.1) is 11.7 Å². The maximum Gasteiger partial charge on any atom is 0.339 e. The lowest BCUT2D eigenvalue weighted by Gasteiger charge is -2.17. The summed E-state index contributed by atoms with van der Waals surface area (Å²) in [5, 5.41) is 6.35. The minimum absolute atomic E-state index is 0.0270. The van der Waals surface area contributed by atoms with Gasteiger partial charge in [-0.1, -0.05) is 35.5 Å². The zero-order chi connectivity index (χ0) is 20.8. The molecule has 0 bridgehead atoms. The van der Waals surface area contributed by atoms with Crippen molar-refractivity contribution < 1.29 is 23.6 Å². The van der Waals surface area contributed by atoms with Crippen LogP contribution < -0.4 is 10.1 Å². The summed E-state index contributed by atoms with van der Waals surface area (Å²) < 4.78 is 16.1. The Balaban J connectivity index is 1.77. The lowest BCUT2D eigenvalue weighted by Crippen LogP contribution is -2.26. The van der Waals surface area contributed by atoms with Crippen molar-refractivity contribution in [2.75, 3.05) is 5.32 Å². The summed E-state index contributed by atoms with van der Waals surface area (Å²) in [7, 11) is 0. The number of esters is 1. The Hall–Kier alpha value is -3.61. The van der Waals surface area contributed by atoms with Crippen molar-refractivity contribution in [2.45, 2.75) is 33.0 Å². The summed E-state index contributed by atoms with van der Waals surface area (Å²) in [6, 6.07) is 16.9. The van der Waals surface area contributed by atoms with E-state index in [4.69, 9.17) is 14.0 Å². The number of aromatic nitrogens is 1. The summed E-state index contributed by atoms with van der Waals surface area (Å²) in [6.07, 6.45) is -1.12. The van der Waals surface area contributed by atoms with Gasteiger partial charge in [-0.2, -0.15) is 0 Å². The second-order valence-electron chi connectivity index (χ2n) is 6.70. The third-order valence-corrected chi connectivity index (χ3v) is 3.91. The molecule has 0 aliphatic heterocycles. The maximum absolute atomic E-state index is 12.8. The fourth-order valence-electron chi connectivity index (χ4n) is 2.63. The first-order chi connectivity index (χ1) is 13.9. The molecule has 0 radical (unpaired) electrons. The monoisotopic (exact) mass is 394 g/mol. The number of anilines is 1. The lowest BCUT2D eigenvalue weighted by molar-refractivity contribution is -0.125. The quantitative estimate of drug-likeness (QED) is 0.601. The number of hydrogen-bond donors (Lipinski definition) is 1. The Kier molecular flexibility index (Phi) is 6.29. The van der Waals surface area contributed by atoms with Crippen LogP contribution in [0.5, 0.6) is 5.75 Å². The van der Waals surface area contributed by atoms with Crippen molar-refractivity contribution in [1.29, 1.82) is 0 Å². The summed E-state index contributed by atoms with van der Waals surface area (Å²) in [4.78, 5) is 25.4. The number of ether oxygens (including phenoxy) is 2. The molecule has 29 heavy (non-hydrogen) atoms. The van der Waals surface area contributed by atoms with Crippen molar-refractivity contribution in [2.24, 2.45) is 0 Å². The summed E-state index contributed by atoms with van der Waals surface area (Å²) in [5.74, 6) is 0.297. The Labute approximate surface area is 168 Å². The first-order valence-corrected chi connectivity index (χ1v) is 9.19. The highest BCUT2D eigenvalue weighted by Crippen LogP contribution is 2.23. The minimum Gasteiger partial charge on any atom is -0.491 e. The van der Waals surface area contributed by atoms with Gasteiger partial charge >= 0.3 is 5.97 Å². The molecule has 0 saturated heterocycles. The zero-order valence-corrected chi connectivity index (χ0v) is 16.4. The first kappa shape index (κ1) is 20.1. The first-order valence-electron chi connectivity index (χ1n) is 9.19. The van der Waals surface area contributed by atoms with E-state index in [9.17, 15) is 9.59 Å². The molecule has 0 spiro atoms. The topological polar surface area (TPSA) is 90.7 Å². The summed E-state index contributed by atoms with van der Waals surface area (Å²) >= 11 is 0. The van der Waals surface area contributed by atoms with E-state index in [1.54, 1.807) is 61.5 Å². The molecule has 0 aliphatic carbocycles. The van der Waals surface area contributed by atoms with Gasteiger partial charge in [-0.05, 0) is 45.0 Å². The highest BCUT2D eigenvalue weighted by molar-refractivity contribution is 5.97. The summed E-state index contributed by atoms with van der Waals surface area (Å²) in [5.41, 5.74) is 0.852. The third kappa shape index (κ3) is 5.44. The molecule has 1 amide bonds. The number of hydrogen-bond acceptors (Lipinski definition) is 6. The van der Waals surface area contributed by atoms with Crippen LogP contribution in [0.25, 0.3) is 0 Å². The predicted molar refractivity (Wildman–Crippen MR) is 107 cm³/mol. The molecule has 2 aromatic carbocycles. The second-order valence-corrected chi connectivity index (χ2v) is 6.70. The van der Waals surface area contributed by atoms with E-state index in [0.717, 1.165) is 0 Å². The molecule has 1 aromatic heterocycles. The normalized spacial score (nSPS) is 11.7. The molecule has 150 valence electrons. The van der Waals surface area contributed by atoms with Crippen LogP contribution in [-0.2, 0) is 9.53 Å². The molecule has 1 heterocycles. The van der Waals surface area contributed by atoms with Gasteiger partial charge in [-0.3, -0.25) is 4.79 Å². The van der Waals surface area contributed by atoms with Crippen molar-refractivity contribution in [3.05, 3.63) is 77.6 Å². The number of carbonyl (C=O) groups excluding carboxylic acids is 2. The minimum atomic E-state index is -1.15. The van der Waals surface area contributed by atoms with Gasteiger partial charge in [0.2, 0.25) is 6.10 Å². The smallest absolute Gasteiger partial charge is 0.339 e. The Morgan fingerprint density at radius 3 is 2.31 bits per heavy atom. The molecule has 7 heteroatoms. The van der Waals surface area contributed by atoms with Crippen LogP contribution in [0, 0.1) is 6.92 Å². The molecular weight excluding hydrogens is 372 g/mol. The van der Waals surface area contributed by atoms with Crippen molar-refractivity contribution in [3.8, 4) is 5.75 Å². The Morgan fingerprint density at radius 2 is 1.72 bits per heavy atom. The molecule has 0 fully saturated rings. The number of benzene rings is 2. The highest BCUT2D eigenvalue weighted by atomic mass is 16.5. The summed E-state index contributed by atoms with van der Waals surface area (Å²) in [6.45, 7) is 5.55. The average Bonchev–Trinajstić information content (AvgIpc) is 3.11. The SMILES string of the molecule is Cc1cc(NC(=O)C(OC(=O)c2ccc(OC(C)C)cc2)c2ccccc2)no1. The molecule has 3 aromatic rings. The van der Waals surface area contributed by atoms with Crippen LogP contribution in [0.15, 0.2) is 65.2 Å². The lowest BCUT2D eigenvalue weighted by atomic mass is 10.1. The average molecular weight is 394 g/mol. The molecular formula is C22H22N2O5. The van der Waals surface area contributed by atoms with Gasteiger partial charge in [0, 0.05) is 11.6 Å². The van der Waals surface area contributed by atoms with Gasteiger partial charge in [0.1, 0.15) is 11.5 Å². The predicted octanol–water partition coefficient (Wildman–Crippen LogP) is 4.31. The van der Waals surface area contributed by atoms with Gasteiger partial charge in [0.25, 0.3) is 5.91 Å². The largest absolute Gasteiger partial charge is 0.491 e. The Bertz CT molecular complexity index is 964. The molecule has 0 saturated carbocycles. The van der Waals surface area contributed by atoms with E-state index in [0.29, 0.717) is 22.6 Å². The second kappa shape index (κ2) is 9.05. The Morgan fingerprint density at radius 1 is 1.03 bits per heavy atom. The van der Waals surface area contributed by atoms with E-state index in [-0.39, 0.29) is 11.9 Å². The van der Waals surface area contributed by atoms with E-state index in [1.807, 2.05) is 19.9 Å². The van der Waals surface area contributed by atoms with Crippen LogP contribution in [0.4, 0.5) is 5.82 Å². The fraction of sp³-hybridized carbons (Fsp3) is 0.227. The molecule has 0 aliphatic rings. The number of nitrogens with zero attached hydrogens (tertiary/aromatic N) is 1. The van der Waals surface area contributed by atoms with Crippen LogP contribution >= 0.6 is 0 Å². The molecule has 1 unspecified atom stereocenters. The third-order valence-electron chi connectivity index (χ3n) is 3.91. The number of rotatable bonds is 7. The van der Waals surface area contributed by atoms with Gasteiger partial charge in [-0.25, -0.2) is 4.79 Å². The van der Waals surface area contributed by atoms with Gasteiger partial charge in [-0.15, -0.1) is 0 Å². The maximum atomic E-state index is 12.8. The van der Waals surface area contributed by atoms with Gasteiger partial charge in [0.15, 0.2) is 5.82 Å². The standard InChI is InChI=1S/C22H22N2O5/c1-14(2)27-18-11-9-17(10-12-18)22(26)28-20(16-7-5-4-6-8-16)21(25)23-19-13-15(3)29-24-19/h4-14,20H,1-3H3,(H,23,24,25). The van der Waals surface area contributed by atoms with E-state index >= 15 is 0 Å². The number of nitrogens with one attached hydrogen (secondary N) is 1. The molecule has 3 rings (SSSR count). The zero-order valence-electron chi connectivity index (χ0n) is 16.4. The van der Waals surface area contributed by atoms with Crippen molar-refractivity contribution >= 4 is 17.7 Å². The van der Waals surface area contributed by atoms with E-state index in [1.165, 1.54) is 0 Å². The van der Waals surface area contributed by atoms with Crippen molar-refractivity contribution in [1.82, 2.24) is 5.16 Å². The van der Waals surface area contributed by atoms with Crippen LogP contribution in [-0.4, -0.2) is 23.1 Å². The molecule has 7 nitrogen and oxygen atoms in total. The molecule has 1 atom stereocenters. The van der Waals surface area contributed by atoms with Crippen molar-refractivity contribution in [3.63, 3.8) is 0 Å². The van der Waals surface area contributed by atoms with E-state index in [2.05, 4.69) is 10.5 Å². The van der Waals surface area contributed by atoms with E-state index < -0.39 is 18.0 Å². The fourth-order valence-corrected chi connectivity index (χ4v) is 2.63. The van der Waals surface area contributed by atoms with Crippen LogP contribution in [0.1, 0.15) is 41.6 Å². The van der Waals surface area contributed by atoms with Crippen LogP contribution in [0.3, 0.4) is 0 Å². The number of amides is 1. The highest BCUT2D eigenvalue weighted by Gasteiger charge is 2.26.